The van der Waals surface area contributed by atoms with Crippen molar-refractivity contribution in [2.75, 3.05) is 5.32 Å². The van der Waals surface area contributed by atoms with E-state index in [0.717, 1.165) is 0 Å². The van der Waals surface area contributed by atoms with Crippen molar-refractivity contribution < 1.29 is 37.3 Å². The molecule has 0 aliphatic carbocycles. The number of carbonyl (C=O) groups is 1. The van der Waals surface area contributed by atoms with Crippen molar-refractivity contribution in [2.45, 2.75) is 6.92 Å². The first kappa shape index (κ1) is 36.0. The molecule has 0 aliphatic heterocycles. The van der Waals surface area contributed by atoms with Gasteiger partial charge in [-0.05, 0) is 24.3 Å². The van der Waals surface area contributed by atoms with Gasteiger partial charge in [-0.1, -0.05) is 0 Å². The number of hydrogen-bond acceptors (Lipinski definition) is 2. The van der Waals surface area contributed by atoms with E-state index in [-0.39, 0.29) is 68.6 Å². The third-order valence-electron chi connectivity index (χ3n) is 1.19. The first-order chi connectivity index (χ1) is 5.18. The van der Waals surface area contributed by atoms with E-state index < -0.39 is 0 Å². The van der Waals surface area contributed by atoms with Crippen molar-refractivity contribution in [2.24, 2.45) is 0 Å². The van der Waals surface area contributed by atoms with Gasteiger partial charge < -0.3 is 37.8 Å². The van der Waals surface area contributed by atoms with Crippen molar-refractivity contribution in [3.63, 3.8) is 0 Å². The molecule has 0 atom stereocenters. The summed E-state index contributed by atoms with van der Waals surface area (Å²) in [6.07, 6.45) is 0. The van der Waals surface area contributed by atoms with Crippen molar-refractivity contribution in [1.29, 1.82) is 0 Å². The molecule has 1 aromatic carbocycles. The van der Waals surface area contributed by atoms with Gasteiger partial charge >= 0.3 is 29.6 Å². The molecule has 0 aromatic heterocycles. The van der Waals surface area contributed by atoms with Crippen molar-refractivity contribution in [3.8, 4) is 5.75 Å². The molecule has 0 fully saturated rings. The Hall–Kier alpha value is -0.710. The number of benzene rings is 1. The average molecular weight is 265 g/mol. The molecule has 0 bridgehead atoms. The second kappa shape index (κ2) is 17.7. The van der Waals surface area contributed by atoms with Crippen LogP contribution >= 0.6 is 0 Å². The maximum atomic E-state index is 10.5. The molecule has 0 saturated heterocycles. The summed E-state index contributed by atoms with van der Waals surface area (Å²) in [7, 11) is 0. The molecule has 1 rings (SSSR count). The van der Waals surface area contributed by atoms with E-state index >= 15 is 0 Å². The number of phenolic OH excluding ortho intramolecular Hbond substituents is 1. The van der Waals surface area contributed by atoms with Gasteiger partial charge in [0, 0.05) is 12.6 Å². The molecule has 1 aromatic rings. The molecule has 9 heteroatoms. The minimum absolute atomic E-state index is 0. The van der Waals surface area contributed by atoms with Gasteiger partial charge in [-0.2, -0.15) is 0 Å². The quantitative estimate of drug-likeness (QED) is 0.392. The molecular formula is C8H20NNaO7. The van der Waals surface area contributed by atoms with Crippen LogP contribution in [0.3, 0.4) is 0 Å². The van der Waals surface area contributed by atoms with Crippen LogP contribution < -0.4 is 5.32 Å². The van der Waals surface area contributed by atoms with Gasteiger partial charge in [-0.25, -0.2) is 0 Å². The van der Waals surface area contributed by atoms with Crippen LogP contribution in [0.25, 0.3) is 0 Å². The fraction of sp³-hybridized carbons (Fsp3) is 0.125. The van der Waals surface area contributed by atoms with E-state index in [1.807, 2.05) is 0 Å². The van der Waals surface area contributed by atoms with Gasteiger partial charge in [0.1, 0.15) is 5.75 Å². The topological polar surface area (TPSA) is 207 Å². The second-order valence-corrected chi connectivity index (χ2v) is 2.23. The van der Waals surface area contributed by atoms with Gasteiger partial charge in [0.25, 0.3) is 0 Å². The first-order valence-corrected chi connectivity index (χ1v) is 3.25. The molecule has 0 heterocycles. The Bertz CT molecular complexity index is 267. The average Bonchev–Trinajstić information content (AvgIpc) is 1.93. The number of carbonyl (C=O) groups excluding carboxylic acids is 1. The summed E-state index contributed by atoms with van der Waals surface area (Å²) in [6.45, 7) is 1.44. The van der Waals surface area contributed by atoms with Crippen LogP contribution in [0.4, 0.5) is 5.69 Å². The SMILES string of the molecule is CC(=O)Nc1ccc(O)cc1.O.O.O.O.O.[NaH]. The van der Waals surface area contributed by atoms with Gasteiger partial charge in [0.2, 0.25) is 5.91 Å². The second-order valence-electron chi connectivity index (χ2n) is 2.23. The number of phenols is 1. The first-order valence-electron chi connectivity index (χ1n) is 3.25. The fourth-order valence-electron chi connectivity index (χ4n) is 0.748. The molecule has 0 unspecified atom stereocenters. The van der Waals surface area contributed by atoms with Crippen LogP contribution in [0.2, 0.25) is 0 Å². The van der Waals surface area contributed by atoms with Crippen molar-refractivity contribution in [1.82, 2.24) is 0 Å². The van der Waals surface area contributed by atoms with E-state index in [1.54, 1.807) is 12.1 Å². The zero-order valence-corrected chi connectivity index (χ0v) is 8.66. The Labute approximate surface area is 120 Å². The van der Waals surface area contributed by atoms with Gasteiger partial charge in [0.05, 0.1) is 0 Å². The molecule has 17 heavy (non-hydrogen) atoms. The summed E-state index contributed by atoms with van der Waals surface area (Å²) < 4.78 is 0. The van der Waals surface area contributed by atoms with Crippen LogP contribution in [0.5, 0.6) is 5.75 Å². The van der Waals surface area contributed by atoms with Crippen LogP contribution in [0.15, 0.2) is 24.3 Å². The number of nitrogens with one attached hydrogen (secondary N) is 1. The van der Waals surface area contributed by atoms with E-state index in [9.17, 15) is 4.79 Å². The number of rotatable bonds is 1. The summed E-state index contributed by atoms with van der Waals surface area (Å²) in [5.74, 6) is 0.0785. The van der Waals surface area contributed by atoms with E-state index in [0.29, 0.717) is 5.69 Å². The zero-order chi connectivity index (χ0) is 8.27. The normalized spacial score (nSPS) is 5.94. The predicted molar refractivity (Wildman–Crippen MR) is 67.6 cm³/mol. The Balaban J connectivity index is -0.0000000504. The number of aromatic hydroxyl groups is 1. The third-order valence-corrected chi connectivity index (χ3v) is 1.19. The number of hydrogen-bond donors (Lipinski definition) is 2. The maximum absolute atomic E-state index is 10.5. The molecular weight excluding hydrogens is 245 g/mol. The Kier molecular flexibility index (Phi) is 37.4. The van der Waals surface area contributed by atoms with E-state index in [1.165, 1.54) is 19.1 Å². The van der Waals surface area contributed by atoms with Gasteiger partial charge in [-0.3, -0.25) is 4.79 Å². The summed E-state index contributed by atoms with van der Waals surface area (Å²) in [5.41, 5.74) is 0.690. The summed E-state index contributed by atoms with van der Waals surface area (Å²) >= 11 is 0. The molecule has 1 amide bonds. The summed E-state index contributed by atoms with van der Waals surface area (Å²) in [6, 6.07) is 6.31. The molecule has 12 N–H and O–H groups in total. The summed E-state index contributed by atoms with van der Waals surface area (Å²) in [4.78, 5) is 10.5. The molecule has 8 nitrogen and oxygen atoms in total. The van der Waals surface area contributed by atoms with Crippen LogP contribution in [-0.4, -0.2) is 68.0 Å². The summed E-state index contributed by atoms with van der Waals surface area (Å²) in [5, 5.41) is 11.5. The third kappa shape index (κ3) is 15.3. The predicted octanol–water partition coefficient (Wildman–Crippen LogP) is -3.42. The standard InChI is InChI=1S/C8H9NO2.Na.5H2O.H/c1-6(10)9-7-2-4-8(11)5-3-7;;;;;;;/h2-5,11H,1H3,(H,9,10);;5*1H2;. The van der Waals surface area contributed by atoms with Gasteiger partial charge in [-0.15, -0.1) is 0 Å². The molecule has 0 spiro atoms. The van der Waals surface area contributed by atoms with Crippen molar-refractivity contribution >= 4 is 41.2 Å². The molecule has 0 radical (unpaired) electrons. The van der Waals surface area contributed by atoms with Crippen LogP contribution in [-0.2, 0) is 4.79 Å². The monoisotopic (exact) mass is 265 g/mol. The Morgan fingerprint density at radius 1 is 1.00 bits per heavy atom. The van der Waals surface area contributed by atoms with Crippen LogP contribution in [0.1, 0.15) is 6.92 Å². The molecule has 0 aliphatic rings. The number of amides is 1. The van der Waals surface area contributed by atoms with E-state index in [2.05, 4.69) is 5.32 Å². The molecule has 100 valence electrons. The van der Waals surface area contributed by atoms with Crippen molar-refractivity contribution in [3.05, 3.63) is 24.3 Å². The number of anilines is 1. The fourth-order valence-corrected chi connectivity index (χ4v) is 0.748. The Morgan fingerprint density at radius 3 is 1.65 bits per heavy atom. The molecule has 0 saturated carbocycles. The Morgan fingerprint density at radius 2 is 1.35 bits per heavy atom. The van der Waals surface area contributed by atoms with Crippen LogP contribution in [0, 0.1) is 0 Å². The minimum atomic E-state index is -0.115. The van der Waals surface area contributed by atoms with Gasteiger partial charge in [0.15, 0.2) is 0 Å². The zero-order valence-electron chi connectivity index (χ0n) is 8.66. The van der Waals surface area contributed by atoms with E-state index in [4.69, 9.17) is 5.11 Å².